The zero-order chi connectivity index (χ0) is 10.2. The number of hydrogen-bond donors (Lipinski definition) is 0. The van der Waals surface area contributed by atoms with Crippen molar-refractivity contribution in [1.29, 1.82) is 0 Å². The Morgan fingerprint density at radius 1 is 0.750 bits per heavy atom. The molecule has 0 saturated heterocycles. The summed E-state index contributed by atoms with van der Waals surface area (Å²) >= 11 is -5.61. The molecule has 0 aliphatic carbocycles. The summed E-state index contributed by atoms with van der Waals surface area (Å²) in [5.74, 6) is 0. The van der Waals surface area contributed by atoms with Crippen LogP contribution in [0.4, 0.5) is 0 Å². The van der Waals surface area contributed by atoms with Crippen molar-refractivity contribution in [3.05, 3.63) is 0 Å². The molecular formula is C6H14Cl4Sn2. The van der Waals surface area contributed by atoms with Gasteiger partial charge in [-0.2, -0.15) is 0 Å². The molecule has 0 aromatic rings. The zero-order valence-corrected chi connectivity index (χ0v) is 16.4. The fourth-order valence-electron chi connectivity index (χ4n) is 0.878. The van der Waals surface area contributed by atoms with Crippen LogP contribution in [0, 0.1) is 0 Å². The second kappa shape index (κ2) is 5.20. The molecule has 12 heavy (non-hydrogen) atoms. The summed E-state index contributed by atoms with van der Waals surface area (Å²) in [4.78, 5) is 3.98. The Balaban J connectivity index is 4.41. The maximum absolute atomic E-state index is 6.18. The monoisotopic (exact) mass is 466 g/mol. The molecule has 0 radical (unpaired) electrons. The van der Waals surface area contributed by atoms with Crippen LogP contribution in [0.2, 0.25) is 17.7 Å². The molecular weight excluding hydrogens is 451 g/mol. The van der Waals surface area contributed by atoms with Crippen molar-refractivity contribution in [3.8, 4) is 0 Å². The number of rotatable bonds is 3. The fourth-order valence-corrected chi connectivity index (χ4v) is 31.8. The summed E-state index contributed by atoms with van der Waals surface area (Å²) in [5.41, 5.74) is 0. The first-order valence-corrected chi connectivity index (χ1v) is 27.3. The molecule has 2 atom stereocenters. The van der Waals surface area contributed by atoms with Crippen LogP contribution in [0.1, 0.15) is 13.8 Å². The van der Waals surface area contributed by atoms with E-state index in [1.165, 1.54) is 0 Å². The summed E-state index contributed by atoms with van der Waals surface area (Å²) in [6, 6.07) is 0. The molecule has 0 bridgehead atoms. The van der Waals surface area contributed by atoms with Crippen molar-refractivity contribution >= 4 is 67.9 Å². The molecule has 0 aromatic heterocycles. The van der Waals surface area contributed by atoms with Crippen molar-refractivity contribution in [2.45, 2.75) is 31.6 Å². The molecule has 74 valence electrons. The summed E-state index contributed by atoms with van der Waals surface area (Å²) in [6.07, 6.45) is 0. The second-order valence-electron chi connectivity index (χ2n) is 3.49. The van der Waals surface area contributed by atoms with Crippen molar-refractivity contribution in [3.63, 3.8) is 0 Å². The van der Waals surface area contributed by atoms with Gasteiger partial charge in [0.15, 0.2) is 0 Å². The first kappa shape index (κ1) is 14.8. The molecule has 2 unspecified atom stereocenters. The van der Waals surface area contributed by atoms with Gasteiger partial charge in [-0.05, 0) is 0 Å². The van der Waals surface area contributed by atoms with E-state index in [-0.39, 0.29) is 0 Å². The van der Waals surface area contributed by atoms with Gasteiger partial charge < -0.3 is 0 Å². The van der Waals surface area contributed by atoms with Crippen LogP contribution in [0.25, 0.3) is 0 Å². The molecule has 0 aliphatic heterocycles. The van der Waals surface area contributed by atoms with E-state index in [1.807, 2.05) is 9.88 Å². The summed E-state index contributed by atoms with van der Waals surface area (Å²) in [7, 11) is 24.7. The average Bonchev–Trinajstić information content (AvgIpc) is 1.80. The summed E-state index contributed by atoms with van der Waals surface area (Å²) in [5, 5.41) is 0. The van der Waals surface area contributed by atoms with Gasteiger partial charge in [0.05, 0.1) is 0 Å². The van der Waals surface area contributed by atoms with Gasteiger partial charge in [0.25, 0.3) is 0 Å². The van der Waals surface area contributed by atoms with Crippen molar-refractivity contribution in [2.24, 2.45) is 0 Å². The molecule has 0 fully saturated rings. The normalized spacial score (nSPS) is 19.0. The van der Waals surface area contributed by atoms with Gasteiger partial charge in [-0.1, -0.05) is 0 Å². The quantitative estimate of drug-likeness (QED) is 0.522. The molecule has 0 aliphatic rings. The Morgan fingerprint density at radius 2 is 0.917 bits per heavy atom. The molecule has 0 heterocycles. The third-order valence-electron chi connectivity index (χ3n) is 2.35. The first-order chi connectivity index (χ1) is 5.07. The van der Waals surface area contributed by atoms with Gasteiger partial charge in [0.2, 0.25) is 0 Å². The van der Waals surface area contributed by atoms with Crippen LogP contribution in [0.5, 0.6) is 0 Å². The van der Waals surface area contributed by atoms with Gasteiger partial charge in [-0.3, -0.25) is 0 Å². The summed E-state index contributed by atoms with van der Waals surface area (Å²) < 4.78 is 0.692. The van der Waals surface area contributed by atoms with E-state index in [0.717, 1.165) is 0 Å². The molecule has 0 amide bonds. The van der Waals surface area contributed by atoms with E-state index in [2.05, 4.69) is 13.8 Å². The molecule has 0 spiro atoms. The number of halogens is 4. The Labute approximate surface area is 97.9 Å². The van der Waals surface area contributed by atoms with Crippen LogP contribution in [-0.4, -0.2) is 32.2 Å². The van der Waals surface area contributed by atoms with Gasteiger partial charge in [0.1, 0.15) is 0 Å². The Kier molecular flexibility index (Phi) is 6.39. The molecule has 0 nitrogen and oxygen atoms in total. The number of hydrogen-bond acceptors (Lipinski definition) is 0. The van der Waals surface area contributed by atoms with E-state index in [0.29, 0.717) is 7.87 Å². The maximum atomic E-state index is 6.18. The topological polar surface area (TPSA) is 0 Å². The zero-order valence-electron chi connectivity index (χ0n) is 7.67. The Bertz CT molecular complexity index is 131. The van der Waals surface area contributed by atoms with Gasteiger partial charge in [-0.25, -0.2) is 0 Å². The molecule has 6 heteroatoms. The van der Waals surface area contributed by atoms with Crippen LogP contribution in [-0.2, 0) is 0 Å². The Morgan fingerprint density at radius 3 is 1.00 bits per heavy atom. The molecule has 0 rings (SSSR count). The molecule has 0 N–H and O–H groups in total. The summed E-state index contributed by atoms with van der Waals surface area (Å²) in [6.45, 7) is 4.17. The van der Waals surface area contributed by atoms with E-state index in [4.69, 9.17) is 35.7 Å². The first-order valence-electron chi connectivity index (χ1n) is 3.82. The fraction of sp³-hybridized carbons (Fsp3) is 1.00. The van der Waals surface area contributed by atoms with Crippen LogP contribution in [0.15, 0.2) is 0 Å². The van der Waals surface area contributed by atoms with E-state index in [9.17, 15) is 0 Å². The van der Waals surface area contributed by atoms with Crippen molar-refractivity contribution < 1.29 is 0 Å². The van der Waals surface area contributed by atoms with E-state index >= 15 is 0 Å². The minimum atomic E-state index is -2.81. The molecule has 0 aromatic carbocycles. The van der Waals surface area contributed by atoms with Crippen molar-refractivity contribution in [1.82, 2.24) is 0 Å². The Hall–Kier alpha value is 2.76. The predicted molar refractivity (Wildman–Crippen MR) is 65.5 cm³/mol. The van der Waals surface area contributed by atoms with E-state index in [1.54, 1.807) is 0 Å². The van der Waals surface area contributed by atoms with Crippen LogP contribution < -0.4 is 0 Å². The second-order valence-corrected chi connectivity index (χ2v) is 43.3. The minimum absolute atomic E-state index is 0.346. The van der Waals surface area contributed by atoms with Gasteiger partial charge in [0, 0.05) is 0 Å². The third-order valence-corrected chi connectivity index (χ3v) is 26.3. The van der Waals surface area contributed by atoms with Crippen molar-refractivity contribution in [2.75, 3.05) is 0 Å². The van der Waals surface area contributed by atoms with Crippen LogP contribution in [0.3, 0.4) is 0 Å². The van der Waals surface area contributed by atoms with Gasteiger partial charge >= 0.3 is 99.5 Å². The predicted octanol–water partition coefficient (Wildman–Crippen LogP) is 4.87. The standard InChI is InChI=1S/C4H8.2CH3.4ClH.2Sn/c1-3-4-2;;;;;;;;/h3-4H,1-2H3;2*1H3;4*1H;;/q;;;;;;;2*+2/p-4. The SMILES string of the molecule is C[CH]([CH](C)[Sn]([CH3])([Cl])[Cl])[Sn]([CH3])([Cl])[Cl]. The average molecular weight is 465 g/mol. The molecule has 0 saturated carbocycles. The van der Waals surface area contributed by atoms with Crippen LogP contribution >= 0.6 is 35.7 Å². The van der Waals surface area contributed by atoms with Gasteiger partial charge in [-0.15, -0.1) is 0 Å². The third kappa shape index (κ3) is 5.01. The van der Waals surface area contributed by atoms with E-state index < -0.39 is 32.2 Å².